The van der Waals surface area contributed by atoms with E-state index < -0.39 is 0 Å². The Bertz CT molecular complexity index is 660. The summed E-state index contributed by atoms with van der Waals surface area (Å²) < 4.78 is 0. The number of halogens is 1. The van der Waals surface area contributed by atoms with E-state index in [9.17, 15) is 4.79 Å². The lowest BCUT2D eigenvalue weighted by molar-refractivity contribution is -0.121. The second-order valence-electron chi connectivity index (χ2n) is 5.91. The number of nitrogens with one attached hydrogen (secondary N) is 1. The zero-order valence-corrected chi connectivity index (χ0v) is 14.7. The molecule has 1 heterocycles. The first-order valence-electron chi connectivity index (χ1n) is 8.19. The van der Waals surface area contributed by atoms with Crippen LogP contribution in [0.15, 0.2) is 24.3 Å². The molecule has 3 nitrogen and oxygen atoms in total. The highest BCUT2D eigenvalue weighted by atomic mass is 35.5. The number of nitrogens with zero attached hydrogens (tertiary/aromatic N) is 1. The molecule has 1 N–H and O–H groups in total. The summed E-state index contributed by atoms with van der Waals surface area (Å²) in [5.41, 5.74) is 2.42. The molecule has 122 valence electrons. The van der Waals surface area contributed by atoms with E-state index in [0.717, 1.165) is 34.9 Å². The van der Waals surface area contributed by atoms with Crippen molar-refractivity contribution < 1.29 is 4.79 Å². The highest BCUT2D eigenvalue weighted by Crippen LogP contribution is 2.27. The molecule has 0 saturated heterocycles. The molecule has 1 amide bonds. The number of rotatable bonds is 6. The van der Waals surface area contributed by atoms with Crippen molar-refractivity contribution in [1.82, 2.24) is 10.3 Å². The highest BCUT2D eigenvalue weighted by molar-refractivity contribution is 7.11. The Hall–Kier alpha value is -1.39. The molecule has 1 aromatic carbocycles. The number of aryl methyl sites for hydroxylation is 3. The number of amides is 1. The highest BCUT2D eigenvalue weighted by Gasteiger charge is 2.15. The maximum Gasteiger partial charge on any atom is 0.220 e. The standard InChI is InChI=1S/C18H21ClN2OS/c19-14-5-3-4-13(12-14)10-11-20-17(22)8-9-18-21-15-6-1-2-7-16(15)23-18/h3-5,12H,1-2,6-11H2,(H,20,22). The van der Waals surface area contributed by atoms with Crippen LogP contribution in [0.3, 0.4) is 0 Å². The van der Waals surface area contributed by atoms with Gasteiger partial charge < -0.3 is 5.32 Å². The van der Waals surface area contributed by atoms with E-state index in [1.54, 1.807) is 11.3 Å². The number of aromatic nitrogens is 1. The Morgan fingerprint density at radius 1 is 1.26 bits per heavy atom. The number of fused-ring (bicyclic) bond motifs is 1. The Balaban J connectivity index is 1.40. The van der Waals surface area contributed by atoms with Gasteiger partial charge in [0.05, 0.1) is 10.7 Å². The van der Waals surface area contributed by atoms with Gasteiger partial charge in [0.25, 0.3) is 0 Å². The van der Waals surface area contributed by atoms with E-state index in [1.165, 1.54) is 29.8 Å². The lowest BCUT2D eigenvalue weighted by Gasteiger charge is -2.06. The quantitative estimate of drug-likeness (QED) is 0.858. The summed E-state index contributed by atoms with van der Waals surface area (Å²) >= 11 is 7.75. The van der Waals surface area contributed by atoms with Gasteiger partial charge in [-0.1, -0.05) is 23.7 Å². The first-order chi connectivity index (χ1) is 11.2. The second-order valence-corrected chi connectivity index (χ2v) is 7.52. The summed E-state index contributed by atoms with van der Waals surface area (Å²) in [6.07, 6.45) is 6.87. The largest absolute Gasteiger partial charge is 0.356 e. The van der Waals surface area contributed by atoms with Gasteiger partial charge in [-0.2, -0.15) is 0 Å². The molecule has 0 bridgehead atoms. The minimum atomic E-state index is 0.0974. The molecule has 0 radical (unpaired) electrons. The maximum atomic E-state index is 12.0. The molecule has 1 aliphatic carbocycles. The number of thiazole rings is 1. The van der Waals surface area contributed by atoms with Crippen molar-refractivity contribution in [1.29, 1.82) is 0 Å². The summed E-state index contributed by atoms with van der Waals surface area (Å²) in [6.45, 7) is 0.646. The zero-order chi connectivity index (χ0) is 16.1. The lowest BCUT2D eigenvalue weighted by atomic mass is 10.0. The normalized spacial score (nSPS) is 13.6. The van der Waals surface area contributed by atoms with Crippen molar-refractivity contribution in [3.8, 4) is 0 Å². The van der Waals surface area contributed by atoms with Crippen LogP contribution in [-0.4, -0.2) is 17.4 Å². The predicted molar refractivity (Wildman–Crippen MR) is 95.2 cm³/mol. The Kier molecular flexibility index (Phi) is 5.68. The van der Waals surface area contributed by atoms with Gasteiger partial charge in [-0.25, -0.2) is 4.98 Å². The maximum absolute atomic E-state index is 12.0. The van der Waals surface area contributed by atoms with Gasteiger partial charge in [0.15, 0.2) is 0 Å². The molecular weight excluding hydrogens is 328 g/mol. The molecule has 5 heteroatoms. The lowest BCUT2D eigenvalue weighted by Crippen LogP contribution is -2.25. The van der Waals surface area contributed by atoms with Crippen LogP contribution in [0.1, 0.15) is 40.4 Å². The van der Waals surface area contributed by atoms with Crippen LogP contribution in [0.4, 0.5) is 0 Å². The first-order valence-corrected chi connectivity index (χ1v) is 9.39. The van der Waals surface area contributed by atoms with Gasteiger partial charge in [0, 0.05) is 29.3 Å². The number of carbonyl (C=O) groups is 1. The molecular formula is C18H21ClN2OS. The summed E-state index contributed by atoms with van der Waals surface area (Å²) in [5, 5.41) is 4.83. The van der Waals surface area contributed by atoms with Crippen LogP contribution >= 0.6 is 22.9 Å². The van der Waals surface area contributed by atoms with Crippen LogP contribution in [0.25, 0.3) is 0 Å². The fraction of sp³-hybridized carbons (Fsp3) is 0.444. The van der Waals surface area contributed by atoms with Crippen molar-refractivity contribution in [2.24, 2.45) is 0 Å². The van der Waals surface area contributed by atoms with E-state index in [-0.39, 0.29) is 5.91 Å². The summed E-state index contributed by atoms with van der Waals surface area (Å²) in [6, 6.07) is 7.76. The molecule has 1 aliphatic rings. The fourth-order valence-corrected chi connectivity index (χ4v) is 4.23. The summed E-state index contributed by atoms with van der Waals surface area (Å²) in [7, 11) is 0. The van der Waals surface area contributed by atoms with Crippen LogP contribution in [-0.2, 0) is 30.5 Å². The molecule has 0 atom stereocenters. The smallest absolute Gasteiger partial charge is 0.220 e. The first kappa shape index (κ1) is 16.5. The van der Waals surface area contributed by atoms with Gasteiger partial charge in [0.2, 0.25) is 5.91 Å². The van der Waals surface area contributed by atoms with Crippen molar-refractivity contribution in [3.05, 3.63) is 50.4 Å². The van der Waals surface area contributed by atoms with E-state index in [1.807, 2.05) is 24.3 Å². The van der Waals surface area contributed by atoms with Gasteiger partial charge >= 0.3 is 0 Å². The molecule has 1 aromatic heterocycles. The van der Waals surface area contributed by atoms with E-state index in [4.69, 9.17) is 11.6 Å². The van der Waals surface area contributed by atoms with Crippen molar-refractivity contribution in [2.45, 2.75) is 44.9 Å². The van der Waals surface area contributed by atoms with Crippen molar-refractivity contribution >= 4 is 28.8 Å². The Morgan fingerprint density at radius 2 is 2.13 bits per heavy atom. The van der Waals surface area contributed by atoms with E-state index >= 15 is 0 Å². The van der Waals surface area contributed by atoms with Crippen LogP contribution in [0.2, 0.25) is 5.02 Å². The minimum Gasteiger partial charge on any atom is -0.356 e. The monoisotopic (exact) mass is 348 g/mol. The van der Waals surface area contributed by atoms with Crippen molar-refractivity contribution in [3.63, 3.8) is 0 Å². The van der Waals surface area contributed by atoms with E-state index in [0.29, 0.717) is 13.0 Å². The van der Waals surface area contributed by atoms with Gasteiger partial charge in [0.1, 0.15) is 0 Å². The molecule has 0 fully saturated rings. The average Bonchev–Trinajstić information content (AvgIpc) is 2.96. The molecule has 23 heavy (non-hydrogen) atoms. The molecule has 3 rings (SSSR count). The Morgan fingerprint density at radius 3 is 2.96 bits per heavy atom. The van der Waals surface area contributed by atoms with E-state index in [2.05, 4.69) is 10.3 Å². The molecule has 0 aliphatic heterocycles. The molecule has 2 aromatic rings. The third kappa shape index (κ3) is 4.79. The SMILES string of the molecule is O=C(CCc1nc2c(s1)CCCC2)NCCc1cccc(Cl)c1. The third-order valence-electron chi connectivity index (χ3n) is 4.08. The number of hydrogen-bond acceptors (Lipinski definition) is 3. The number of hydrogen-bond donors (Lipinski definition) is 1. The summed E-state index contributed by atoms with van der Waals surface area (Å²) in [5.74, 6) is 0.0974. The molecule has 0 unspecified atom stereocenters. The topological polar surface area (TPSA) is 42.0 Å². The van der Waals surface area contributed by atoms with Gasteiger partial charge in [-0.3, -0.25) is 4.79 Å². The van der Waals surface area contributed by atoms with Gasteiger partial charge in [-0.15, -0.1) is 11.3 Å². The van der Waals surface area contributed by atoms with Crippen LogP contribution in [0, 0.1) is 0 Å². The van der Waals surface area contributed by atoms with Crippen LogP contribution in [0.5, 0.6) is 0 Å². The second kappa shape index (κ2) is 7.93. The van der Waals surface area contributed by atoms with Gasteiger partial charge in [-0.05, 0) is 49.8 Å². The molecule has 0 saturated carbocycles. The Labute approximate surface area is 146 Å². The summed E-state index contributed by atoms with van der Waals surface area (Å²) in [4.78, 5) is 18.1. The number of carbonyl (C=O) groups excluding carboxylic acids is 1. The minimum absolute atomic E-state index is 0.0974. The molecule has 0 spiro atoms. The van der Waals surface area contributed by atoms with Crippen LogP contribution < -0.4 is 5.32 Å². The zero-order valence-electron chi connectivity index (χ0n) is 13.1. The predicted octanol–water partition coefficient (Wildman–Crippen LogP) is 3.97. The third-order valence-corrected chi connectivity index (χ3v) is 5.53. The fourth-order valence-electron chi connectivity index (χ4n) is 2.86. The average molecular weight is 349 g/mol. The van der Waals surface area contributed by atoms with Crippen molar-refractivity contribution in [2.75, 3.05) is 6.54 Å². The number of benzene rings is 1.